The molecule has 0 fully saturated rings. The molecule has 0 radical (unpaired) electrons. The monoisotopic (exact) mass is 275 g/mol. The number of aryl methyl sites for hydroxylation is 2. The summed E-state index contributed by atoms with van der Waals surface area (Å²) in [6, 6.07) is 6.00. The molecule has 1 heterocycles. The summed E-state index contributed by atoms with van der Waals surface area (Å²) in [6.07, 6.45) is 1.52. The number of carbonyl (C=O) groups excluding carboxylic acids is 1. The van der Waals surface area contributed by atoms with Crippen molar-refractivity contribution in [3.05, 3.63) is 41.2 Å². The van der Waals surface area contributed by atoms with Crippen LogP contribution in [0.15, 0.2) is 24.4 Å². The lowest BCUT2D eigenvalue weighted by Crippen LogP contribution is -2.30. The Hall–Kier alpha value is -2.41. The Morgan fingerprint density at radius 2 is 2.10 bits per heavy atom. The molecule has 1 aromatic heterocycles. The highest BCUT2D eigenvalue weighted by Crippen LogP contribution is 2.22. The van der Waals surface area contributed by atoms with Crippen LogP contribution in [0.1, 0.15) is 21.6 Å². The summed E-state index contributed by atoms with van der Waals surface area (Å²) < 4.78 is 7.29. The number of nitrogens with two attached hydrogens (primary N) is 1. The Morgan fingerprint density at radius 1 is 1.40 bits per heavy atom. The van der Waals surface area contributed by atoms with Gasteiger partial charge in [0.1, 0.15) is 12.4 Å². The van der Waals surface area contributed by atoms with E-state index in [2.05, 4.69) is 10.3 Å². The molecule has 1 amide bonds. The first-order valence-corrected chi connectivity index (χ1v) is 6.22. The van der Waals surface area contributed by atoms with E-state index in [1.165, 1.54) is 10.9 Å². The molecule has 0 atom stereocenters. The largest absolute Gasteiger partial charge is 0.491 e. The summed E-state index contributed by atoms with van der Waals surface area (Å²) in [6.45, 7) is 4.94. The average molecular weight is 275 g/mol. The number of para-hydroxylation sites is 1. The fraction of sp³-hybridized carbons (Fsp3) is 0.308. The Morgan fingerprint density at radius 3 is 2.75 bits per heavy atom. The van der Waals surface area contributed by atoms with Crippen molar-refractivity contribution < 1.29 is 9.53 Å². The second-order valence-electron chi connectivity index (χ2n) is 4.41. The normalized spacial score (nSPS) is 10.3. The minimum absolute atomic E-state index is 0.180. The summed E-state index contributed by atoms with van der Waals surface area (Å²) in [4.78, 5) is 11.2. The van der Waals surface area contributed by atoms with E-state index in [9.17, 15) is 4.79 Å². The number of nitrogen functional groups attached to an aromatic ring is 1. The summed E-state index contributed by atoms with van der Waals surface area (Å²) >= 11 is 0. The quantitative estimate of drug-likeness (QED) is 0.473. The standard InChI is InChI=1S/C13H17N5O2/c1-9-4-3-5-10(2)12(9)20-7-6-18-8-11(16-17-18)13(19)15-14/h3-5,8H,6-7,14H2,1-2H3,(H,15,19). The van der Waals surface area contributed by atoms with E-state index in [1.54, 1.807) is 0 Å². The van der Waals surface area contributed by atoms with Gasteiger partial charge in [-0.3, -0.25) is 10.2 Å². The number of carbonyl (C=O) groups is 1. The number of amides is 1. The number of hydrogen-bond acceptors (Lipinski definition) is 5. The van der Waals surface area contributed by atoms with E-state index in [-0.39, 0.29) is 5.69 Å². The number of nitrogens with zero attached hydrogens (tertiary/aromatic N) is 3. The van der Waals surface area contributed by atoms with Gasteiger partial charge in [0.05, 0.1) is 12.7 Å². The van der Waals surface area contributed by atoms with E-state index in [0.29, 0.717) is 13.2 Å². The third kappa shape index (κ3) is 3.12. The smallest absolute Gasteiger partial charge is 0.287 e. The van der Waals surface area contributed by atoms with Gasteiger partial charge in [-0.1, -0.05) is 23.4 Å². The predicted molar refractivity (Wildman–Crippen MR) is 73.1 cm³/mol. The van der Waals surface area contributed by atoms with Gasteiger partial charge in [0.15, 0.2) is 5.69 Å². The molecule has 0 bridgehead atoms. The lowest BCUT2D eigenvalue weighted by molar-refractivity contribution is 0.0948. The van der Waals surface area contributed by atoms with Crippen molar-refractivity contribution in [1.82, 2.24) is 20.4 Å². The van der Waals surface area contributed by atoms with Crippen LogP contribution in [0.3, 0.4) is 0 Å². The molecule has 0 spiro atoms. The summed E-state index contributed by atoms with van der Waals surface area (Å²) in [5.74, 6) is 5.44. The number of hydrazine groups is 1. The molecule has 20 heavy (non-hydrogen) atoms. The van der Waals surface area contributed by atoms with Gasteiger partial charge in [0.25, 0.3) is 5.91 Å². The summed E-state index contributed by atoms with van der Waals surface area (Å²) in [5, 5.41) is 7.54. The lowest BCUT2D eigenvalue weighted by atomic mass is 10.1. The molecule has 3 N–H and O–H groups in total. The Kier molecular flexibility index (Phi) is 4.31. The molecular formula is C13H17N5O2. The SMILES string of the molecule is Cc1cccc(C)c1OCCn1cc(C(=O)NN)nn1. The van der Waals surface area contributed by atoms with Crippen molar-refractivity contribution in [2.24, 2.45) is 5.84 Å². The maximum Gasteiger partial charge on any atom is 0.287 e. The van der Waals surface area contributed by atoms with E-state index < -0.39 is 5.91 Å². The first-order chi connectivity index (χ1) is 9.61. The number of nitrogens with one attached hydrogen (secondary N) is 1. The van der Waals surface area contributed by atoms with E-state index in [1.807, 2.05) is 37.5 Å². The number of rotatable bonds is 5. The molecule has 2 aromatic rings. The van der Waals surface area contributed by atoms with Gasteiger partial charge < -0.3 is 4.74 Å². The highest BCUT2D eigenvalue weighted by atomic mass is 16.5. The van der Waals surface area contributed by atoms with Gasteiger partial charge in [-0.15, -0.1) is 5.10 Å². The topological polar surface area (TPSA) is 95.1 Å². The van der Waals surface area contributed by atoms with Crippen LogP contribution in [0.4, 0.5) is 0 Å². The Labute approximate surface area is 116 Å². The van der Waals surface area contributed by atoms with Gasteiger partial charge in [-0.25, -0.2) is 10.5 Å². The van der Waals surface area contributed by atoms with E-state index in [4.69, 9.17) is 10.6 Å². The fourth-order valence-corrected chi connectivity index (χ4v) is 1.85. The zero-order valence-corrected chi connectivity index (χ0v) is 11.5. The van der Waals surface area contributed by atoms with Gasteiger partial charge >= 0.3 is 0 Å². The molecular weight excluding hydrogens is 258 g/mol. The lowest BCUT2D eigenvalue weighted by Gasteiger charge is -2.11. The van der Waals surface area contributed by atoms with Crippen LogP contribution in [-0.4, -0.2) is 27.5 Å². The van der Waals surface area contributed by atoms with Crippen molar-refractivity contribution in [2.75, 3.05) is 6.61 Å². The zero-order chi connectivity index (χ0) is 14.5. The summed E-state index contributed by atoms with van der Waals surface area (Å²) in [7, 11) is 0. The van der Waals surface area contributed by atoms with Crippen molar-refractivity contribution in [2.45, 2.75) is 20.4 Å². The van der Waals surface area contributed by atoms with Gasteiger partial charge in [-0.2, -0.15) is 0 Å². The van der Waals surface area contributed by atoms with Crippen LogP contribution in [-0.2, 0) is 6.54 Å². The zero-order valence-electron chi connectivity index (χ0n) is 11.5. The van der Waals surface area contributed by atoms with Gasteiger partial charge in [0.2, 0.25) is 0 Å². The van der Waals surface area contributed by atoms with Crippen molar-refractivity contribution in [1.29, 1.82) is 0 Å². The number of hydrogen-bond donors (Lipinski definition) is 2. The molecule has 7 heteroatoms. The molecule has 0 aliphatic heterocycles. The Bertz CT molecular complexity index is 588. The summed E-state index contributed by atoms with van der Waals surface area (Å²) in [5.41, 5.74) is 4.36. The fourth-order valence-electron chi connectivity index (χ4n) is 1.85. The number of ether oxygens (including phenoxy) is 1. The Balaban J connectivity index is 1.93. The predicted octanol–water partition coefficient (Wildman–Crippen LogP) is 0.577. The molecule has 0 saturated heterocycles. The molecule has 106 valence electrons. The maximum atomic E-state index is 11.2. The van der Waals surface area contributed by atoms with E-state index >= 15 is 0 Å². The second kappa shape index (κ2) is 6.16. The molecule has 1 aromatic carbocycles. The number of aromatic nitrogens is 3. The van der Waals surface area contributed by atoms with Crippen LogP contribution in [0.2, 0.25) is 0 Å². The molecule has 0 unspecified atom stereocenters. The van der Waals surface area contributed by atoms with Crippen LogP contribution >= 0.6 is 0 Å². The molecule has 7 nitrogen and oxygen atoms in total. The molecule has 0 aliphatic rings. The highest BCUT2D eigenvalue weighted by Gasteiger charge is 2.09. The minimum atomic E-state index is -0.466. The van der Waals surface area contributed by atoms with Crippen molar-refractivity contribution >= 4 is 5.91 Å². The van der Waals surface area contributed by atoms with Crippen molar-refractivity contribution in [3.63, 3.8) is 0 Å². The van der Waals surface area contributed by atoms with Crippen LogP contribution in [0.5, 0.6) is 5.75 Å². The maximum absolute atomic E-state index is 11.2. The van der Waals surface area contributed by atoms with Crippen LogP contribution < -0.4 is 16.0 Å². The molecule has 0 aliphatic carbocycles. The first-order valence-electron chi connectivity index (χ1n) is 6.22. The van der Waals surface area contributed by atoms with Gasteiger partial charge in [0, 0.05) is 0 Å². The third-order valence-corrected chi connectivity index (χ3v) is 2.88. The second-order valence-corrected chi connectivity index (χ2v) is 4.41. The first kappa shape index (κ1) is 14.0. The van der Waals surface area contributed by atoms with E-state index in [0.717, 1.165) is 16.9 Å². The average Bonchev–Trinajstić information content (AvgIpc) is 2.90. The van der Waals surface area contributed by atoms with Gasteiger partial charge in [-0.05, 0) is 25.0 Å². The van der Waals surface area contributed by atoms with Crippen molar-refractivity contribution in [3.8, 4) is 5.75 Å². The van der Waals surface area contributed by atoms with Crippen LogP contribution in [0, 0.1) is 13.8 Å². The molecule has 2 rings (SSSR count). The van der Waals surface area contributed by atoms with Crippen LogP contribution in [0.25, 0.3) is 0 Å². The minimum Gasteiger partial charge on any atom is -0.491 e. The molecule has 0 saturated carbocycles. The third-order valence-electron chi connectivity index (χ3n) is 2.88. The highest BCUT2D eigenvalue weighted by molar-refractivity contribution is 5.91. The number of benzene rings is 1.